The Morgan fingerprint density at radius 1 is 1.00 bits per heavy atom. The van der Waals surface area contributed by atoms with Gasteiger partial charge in [0.2, 0.25) is 5.95 Å². The van der Waals surface area contributed by atoms with E-state index in [0.717, 1.165) is 41.6 Å². The molecule has 8 nitrogen and oxygen atoms in total. The third-order valence-corrected chi connectivity index (χ3v) is 6.63. The van der Waals surface area contributed by atoms with Gasteiger partial charge in [0, 0.05) is 42.7 Å². The maximum Gasteiger partial charge on any atom is 0.256 e. The van der Waals surface area contributed by atoms with Crippen molar-refractivity contribution in [2.75, 3.05) is 45.7 Å². The van der Waals surface area contributed by atoms with E-state index in [1.165, 1.54) is 12.1 Å². The van der Waals surface area contributed by atoms with Crippen LogP contribution >= 0.6 is 0 Å². The predicted molar refractivity (Wildman–Crippen MR) is 154 cm³/mol. The van der Waals surface area contributed by atoms with Crippen LogP contribution < -0.4 is 15.8 Å². The molecule has 2 aromatic carbocycles. The number of halogens is 2. The van der Waals surface area contributed by atoms with Crippen LogP contribution in [0.15, 0.2) is 53.3 Å². The summed E-state index contributed by atoms with van der Waals surface area (Å²) in [5, 5.41) is 3.30. The van der Waals surface area contributed by atoms with Gasteiger partial charge in [-0.1, -0.05) is 19.1 Å². The minimum atomic E-state index is -0.888. The monoisotopic (exact) mass is 548 g/mol. The van der Waals surface area contributed by atoms with Crippen molar-refractivity contribution in [3.8, 4) is 16.9 Å². The van der Waals surface area contributed by atoms with Crippen molar-refractivity contribution in [1.82, 2.24) is 24.8 Å². The highest BCUT2D eigenvalue weighted by molar-refractivity contribution is 5.98. The van der Waals surface area contributed by atoms with Crippen LogP contribution in [0.5, 0.6) is 0 Å². The lowest BCUT2D eigenvalue weighted by Crippen LogP contribution is -2.26. The molecule has 0 bridgehead atoms. The van der Waals surface area contributed by atoms with Crippen LogP contribution in [-0.2, 0) is 0 Å². The van der Waals surface area contributed by atoms with Gasteiger partial charge in [-0.2, -0.15) is 4.98 Å². The van der Waals surface area contributed by atoms with Gasteiger partial charge < -0.3 is 15.1 Å². The quantitative estimate of drug-likeness (QED) is 0.313. The molecule has 210 valence electrons. The van der Waals surface area contributed by atoms with Gasteiger partial charge in [0.05, 0.1) is 5.69 Å². The van der Waals surface area contributed by atoms with Gasteiger partial charge >= 0.3 is 0 Å². The largest absolute Gasteiger partial charge is 0.352 e. The van der Waals surface area contributed by atoms with Crippen LogP contribution in [0.3, 0.4) is 0 Å². The van der Waals surface area contributed by atoms with E-state index >= 15 is 0 Å². The average molecular weight is 549 g/mol. The minimum Gasteiger partial charge on any atom is -0.352 e. The number of amides is 1. The lowest BCUT2D eigenvalue weighted by Gasteiger charge is -2.21. The lowest BCUT2D eigenvalue weighted by molar-refractivity contribution is 0.0953. The Kier molecular flexibility index (Phi) is 8.89. The summed E-state index contributed by atoms with van der Waals surface area (Å²) in [6.07, 6.45) is 1.62. The van der Waals surface area contributed by atoms with E-state index in [1.54, 1.807) is 18.2 Å². The molecule has 10 heteroatoms. The molecule has 0 aliphatic carbocycles. The van der Waals surface area contributed by atoms with Crippen LogP contribution in [0, 0.1) is 18.6 Å². The first kappa shape index (κ1) is 28.8. The van der Waals surface area contributed by atoms with Crippen LogP contribution in [0.1, 0.15) is 35.7 Å². The Labute approximate surface area is 232 Å². The number of benzene rings is 2. The SMILES string of the molecule is CCCNC(=O)c1ccc(C)c(-c2nc(N(C)CCCN(C)C)nc3c2ccc(=O)n3-c2c(F)cccc2F)c1. The number of fused-ring (bicyclic) bond motifs is 1. The van der Waals surface area contributed by atoms with E-state index in [-0.39, 0.29) is 17.5 Å². The number of nitrogens with zero attached hydrogens (tertiary/aromatic N) is 5. The fraction of sp³-hybridized carbons (Fsp3) is 0.333. The molecule has 0 fully saturated rings. The van der Waals surface area contributed by atoms with Crippen molar-refractivity contribution in [2.24, 2.45) is 0 Å². The standard InChI is InChI=1S/C30H34F2N6O2/c1-6-15-33-29(40)20-12-11-19(2)22(18-20)26-21-13-14-25(39)38(27-23(31)9-7-10-24(27)32)28(21)35-30(34-26)37(5)17-8-16-36(3)4/h7,9-14,18H,6,8,15-17H2,1-5H3,(H,33,40). The van der Waals surface area contributed by atoms with Gasteiger partial charge in [-0.05, 0) is 76.3 Å². The summed E-state index contributed by atoms with van der Waals surface area (Å²) in [4.78, 5) is 39.3. The molecule has 0 spiro atoms. The number of pyridine rings is 1. The van der Waals surface area contributed by atoms with E-state index < -0.39 is 22.9 Å². The molecule has 0 atom stereocenters. The number of hydrogen-bond donors (Lipinski definition) is 1. The number of hydrogen-bond acceptors (Lipinski definition) is 6. The highest BCUT2D eigenvalue weighted by Crippen LogP contribution is 2.32. The maximum absolute atomic E-state index is 15.0. The first-order valence-electron chi connectivity index (χ1n) is 13.3. The van der Waals surface area contributed by atoms with Gasteiger partial charge in [-0.3, -0.25) is 14.2 Å². The highest BCUT2D eigenvalue weighted by atomic mass is 19.1. The normalized spacial score (nSPS) is 11.3. The summed E-state index contributed by atoms with van der Waals surface area (Å²) in [6.45, 7) is 5.85. The van der Waals surface area contributed by atoms with E-state index in [4.69, 9.17) is 4.98 Å². The second-order valence-corrected chi connectivity index (χ2v) is 10.1. The van der Waals surface area contributed by atoms with Crippen molar-refractivity contribution >= 4 is 22.9 Å². The summed E-state index contributed by atoms with van der Waals surface area (Å²) in [7, 11) is 5.80. The fourth-order valence-electron chi connectivity index (χ4n) is 4.48. The molecule has 0 aliphatic rings. The molecule has 0 unspecified atom stereocenters. The van der Waals surface area contributed by atoms with E-state index in [9.17, 15) is 18.4 Å². The van der Waals surface area contributed by atoms with Crippen LogP contribution in [-0.4, -0.2) is 66.1 Å². The van der Waals surface area contributed by atoms with Crippen molar-refractivity contribution in [1.29, 1.82) is 0 Å². The minimum absolute atomic E-state index is 0.0659. The second kappa shape index (κ2) is 12.3. The molecule has 4 rings (SSSR count). The summed E-state index contributed by atoms with van der Waals surface area (Å²) >= 11 is 0. The molecule has 1 N–H and O–H groups in total. The fourth-order valence-corrected chi connectivity index (χ4v) is 4.48. The Morgan fingerprint density at radius 2 is 1.73 bits per heavy atom. The zero-order chi connectivity index (χ0) is 29.0. The third-order valence-electron chi connectivity index (χ3n) is 6.63. The Balaban J connectivity index is 2.00. The first-order valence-corrected chi connectivity index (χ1v) is 13.3. The molecule has 0 saturated heterocycles. The molecular weight excluding hydrogens is 514 g/mol. The van der Waals surface area contributed by atoms with E-state index in [2.05, 4.69) is 15.2 Å². The van der Waals surface area contributed by atoms with Gasteiger partial charge in [0.15, 0.2) is 5.65 Å². The molecule has 40 heavy (non-hydrogen) atoms. The lowest BCUT2D eigenvalue weighted by atomic mass is 9.99. The Hall–Kier alpha value is -4.18. The number of carbonyl (C=O) groups is 1. The molecule has 0 radical (unpaired) electrons. The smallest absolute Gasteiger partial charge is 0.256 e. The molecule has 2 heterocycles. The van der Waals surface area contributed by atoms with Crippen LogP contribution in [0.2, 0.25) is 0 Å². The third kappa shape index (κ3) is 6.02. The number of nitrogens with one attached hydrogen (secondary N) is 1. The number of carbonyl (C=O) groups excluding carboxylic acids is 1. The summed E-state index contributed by atoms with van der Waals surface area (Å²) in [5.41, 5.74) is 1.32. The predicted octanol–water partition coefficient (Wildman–Crippen LogP) is 4.56. The van der Waals surface area contributed by atoms with Crippen molar-refractivity contribution in [2.45, 2.75) is 26.7 Å². The number of para-hydroxylation sites is 1. The summed E-state index contributed by atoms with van der Waals surface area (Å²) in [5.74, 6) is -1.70. The van der Waals surface area contributed by atoms with E-state index in [0.29, 0.717) is 35.3 Å². The Bertz CT molecular complexity index is 1580. The van der Waals surface area contributed by atoms with Crippen molar-refractivity contribution in [3.05, 3.63) is 81.6 Å². The zero-order valence-corrected chi connectivity index (χ0v) is 23.5. The number of rotatable bonds is 10. The average Bonchev–Trinajstić information content (AvgIpc) is 2.92. The van der Waals surface area contributed by atoms with Gasteiger partial charge in [0.1, 0.15) is 17.3 Å². The van der Waals surface area contributed by atoms with Gasteiger partial charge in [0.25, 0.3) is 11.5 Å². The van der Waals surface area contributed by atoms with E-state index in [1.807, 2.05) is 46.0 Å². The molecule has 2 aromatic heterocycles. The molecular formula is C30H34F2N6O2. The van der Waals surface area contributed by atoms with Gasteiger partial charge in [-0.15, -0.1) is 0 Å². The zero-order valence-electron chi connectivity index (χ0n) is 23.5. The molecule has 4 aromatic rings. The second-order valence-electron chi connectivity index (χ2n) is 10.1. The van der Waals surface area contributed by atoms with Crippen molar-refractivity contribution in [3.63, 3.8) is 0 Å². The van der Waals surface area contributed by atoms with Crippen molar-refractivity contribution < 1.29 is 13.6 Å². The number of aromatic nitrogens is 3. The Morgan fingerprint density at radius 3 is 2.40 bits per heavy atom. The topological polar surface area (TPSA) is 83.4 Å². The van der Waals surface area contributed by atoms with Crippen LogP contribution in [0.4, 0.5) is 14.7 Å². The number of aryl methyl sites for hydroxylation is 1. The summed E-state index contributed by atoms with van der Waals surface area (Å²) in [6, 6.07) is 11.6. The summed E-state index contributed by atoms with van der Waals surface area (Å²) < 4.78 is 30.9. The van der Waals surface area contributed by atoms with Crippen LogP contribution in [0.25, 0.3) is 28.0 Å². The molecule has 0 saturated carbocycles. The number of anilines is 1. The maximum atomic E-state index is 15.0. The molecule has 0 aliphatic heterocycles. The van der Waals surface area contributed by atoms with Gasteiger partial charge in [-0.25, -0.2) is 13.8 Å². The first-order chi connectivity index (χ1) is 19.1. The molecule has 1 amide bonds. The highest BCUT2D eigenvalue weighted by Gasteiger charge is 2.22.